The molecule has 206 valence electrons. The van der Waals surface area contributed by atoms with Gasteiger partial charge in [0.1, 0.15) is 25.3 Å². The molecule has 37 heavy (non-hydrogen) atoms. The van der Waals surface area contributed by atoms with Crippen LogP contribution in [0.4, 0.5) is 9.59 Å². The van der Waals surface area contributed by atoms with Gasteiger partial charge in [0.2, 0.25) is 0 Å². The lowest BCUT2D eigenvalue weighted by molar-refractivity contribution is -0.131. The molecule has 0 fully saturated rings. The molecule has 0 bridgehead atoms. The van der Waals surface area contributed by atoms with Crippen molar-refractivity contribution in [2.24, 2.45) is 5.73 Å². The Kier molecular flexibility index (Phi) is 11.9. The second kappa shape index (κ2) is 13.6. The summed E-state index contributed by atoms with van der Waals surface area (Å²) in [4.78, 5) is 38.8. The van der Waals surface area contributed by atoms with E-state index < -0.39 is 43.4 Å². The molecule has 0 spiro atoms. The normalized spacial score (nSPS) is 12.6. The van der Waals surface area contributed by atoms with E-state index in [1.165, 1.54) is 0 Å². The summed E-state index contributed by atoms with van der Waals surface area (Å²) in [6, 6.07) is 7.02. The van der Waals surface area contributed by atoms with Crippen LogP contribution < -0.4 is 11.1 Å². The Bertz CT molecular complexity index is 994. The van der Waals surface area contributed by atoms with Gasteiger partial charge in [-0.3, -0.25) is 4.79 Å². The zero-order valence-electron chi connectivity index (χ0n) is 24.0. The molecule has 1 atom stereocenters. The number of ether oxygens (including phenoxy) is 2. The average Bonchev–Trinajstić information content (AvgIpc) is 2.73. The number of hydrogen-bond donors (Lipinski definition) is 2. The maximum Gasteiger partial charge on any atom is 0.417 e. The smallest absolute Gasteiger partial charge is 0.417 e. The molecule has 1 aromatic rings. The standard InChI is InChI=1S/C28H45N3O5Si/c1-27(2,3)35-25(33)30-20-23(29)24(32)31(26(34)36-28(4,5)6)17-11-10-13-21-14-12-15-22(19-21)16-18-37(7,8)9/h12,14-15,19,23H,10-11,13,17,20,29H2,1-9H3,(H,30,33). The molecule has 0 aromatic heterocycles. The third-order valence-electron chi connectivity index (χ3n) is 4.67. The lowest BCUT2D eigenvalue weighted by Crippen LogP contribution is -2.53. The van der Waals surface area contributed by atoms with E-state index in [4.69, 9.17) is 15.2 Å². The fourth-order valence-electron chi connectivity index (χ4n) is 3.07. The minimum atomic E-state index is -1.46. The van der Waals surface area contributed by atoms with Crippen LogP contribution >= 0.6 is 0 Å². The average molecular weight is 532 g/mol. The lowest BCUT2D eigenvalue weighted by atomic mass is 10.1. The van der Waals surface area contributed by atoms with Crippen molar-refractivity contribution in [1.29, 1.82) is 0 Å². The van der Waals surface area contributed by atoms with E-state index in [0.717, 1.165) is 28.9 Å². The van der Waals surface area contributed by atoms with Crippen molar-refractivity contribution in [2.45, 2.75) is 97.7 Å². The Morgan fingerprint density at radius 3 is 2.22 bits per heavy atom. The Labute approximate surface area is 223 Å². The molecule has 0 saturated heterocycles. The zero-order valence-corrected chi connectivity index (χ0v) is 25.0. The third-order valence-corrected chi connectivity index (χ3v) is 5.54. The van der Waals surface area contributed by atoms with E-state index in [0.29, 0.717) is 6.42 Å². The first-order valence-electron chi connectivity index (χ1n) is 12.8. The predicted octanol–water partition coefficient (Wildman–Crippen LogP) is 4.85. The molecule has 0 radical (unpaired) electrons. The number of aryl methyl sites for hydroxylation is 1. The van der Waals surface area contributed by atoms with Crippen molar-refractivity contribution in [2.75, 3.05) is 13.1 Å². The van der Waals surface area contributed by atoms with Gasteiger partial charge in [0.25, 0.3) is 5.91 Å². The molecule has 9 heteroatoms. The Morgan fingerprint density at radius 2 is 1.65 bits per heavy atom. The summed E-state index contributed by atoms with van der Waals surface area (Å²) < 4.78 is 10.6. The largest absolute Gasteiger partial charge is 0.444 e. The highest BCUT2D eigenvalue weighted by Gasteiger charge is 2.30. The number of nitrogens with zero attached hydrogens (tertiary/aromatic N) is 1. The summed E-state index contributed by atoms with van der Waals surface area (Å²) >= 11 is 0. The SMILES string of the molecule is CC(C)(C)OC(=O)NCC(N)C(=O)N(CCCCc1cccc(C#C[Si](C)(C)C)c1)C(=O)OC(C)(C)C. The molecule has 0 saturated carbocycles. The molecule has 0 aliphatic carbocycles. The van der Waals surface area contributed by atoms with Crippen molar-refractivity contribution >= 4 is 26.2 Å². The second-order valence-corrected chi connectivity index (χ2v) is 16.9. The van der Waals surface area contributed by atoms with Crippen molar-refractivity contribution in [3.05, 3.63) is 35.4 Å². The highest BCUT2D eigenvalue weighted by Crippen LogP contribution is 2.14. The van der Waals surface area contributed by atoms with Crippen LogP contribution in [0.1, 0.15) is 65.5 Å². The van der Waals surface area contributed by atoms with Crippen molar-refractivity contribution in [3.8, 4) is 11.5 Å². The molecule has 8 nitrogen and oxygen atoms in total. The van der Waals surface area contributed by atoms with Crippen molar-refractivity contribution < 1.29 is 23.9 Å². The maximum atomic E-state index is 13.0. The number of unbranched alkanes of at least 4 members (excludes halogenated alkanes) is 1. The number of benzene rings is 1. The van der Waals surface area contributed by atoms with Gasteiger partial charge in [0.15, 0.2) is 0 Å². The quantitative estimate of drug-likeness (QED) is 0.282. The van der Waals surface area contributed by atoms with Crippen molar-refractivity contribution in [3.63, 3.8) is 0 Å². The summed E-state index contributed by atoms with van der Waals surface area (Å²) in [6.45, 7) is 17.0. The highest BCUT2D eigenvalue weighted by molar-refractivity contribution is 6.83. The molecule has 0 aliphatic heterocycles. The lowest BCUT2D eigenvalue weighted by Gasteiger charge is -2.28. The highest BCUT2D eigenvalue weighted by atomic mass is 28.3. The summed E-state index contributed by atoms with van der Waals surface area (Å²) in [7, 11) is -1.46. The molecule has 1 unspecified atom stereocenters. The summed E-state index contributed by atoms with van der Waals surface area (Å²) in [5.41, 5.74) is 10.1. The molecule has 0 heterocycles. The summed E-state index contributed by atoms with van der Waals surface area (Å²) in [5, 5.41) is 2.48. The number of nitrogens with one attached hydrogen (secondary N) is 1. The third kappa shape index (κ3) is 14.5. The van der Waals surface area contributed by atoms with Gasteiger partial charge in [0.05, 0.1) is 0 Å². The first kappa shape index (κ1) is 32.2. The molecule has 3 N–H and O–H groups in total. The number of amides is 3. The van der Waals surface area contributed by atoms with Gasteiger partial charge in [-0.15, -0.1) is 5.54 Å². The molecule has 1 rings (SSSR count). The van der Waals surface area contributed by atoms with E-state index in [1.54, 1.807) is 41.5 Å². The Balaban J connectivity index is 2.79. The van der Waals surface area contributed by atoms with E-state index >= 15 is 0 Å². The topological polar surface area (TPSA) is 111 Å². The van der Waals surface area contributed by atoms with Gasteiger partial charge >= 0.3 is 12.2 Å². The molecular formula is C28H45N3O5Si. The van der Waals surface area contributed by atoms with Crippen LogP contribution in [0, 0.1) is 11.5 Å². The van der Waals surface area contributed by atoms with Gasteiger partial charge in [-0.1, -0.05) is 37.7 Å². The predicted molar refractivity (Wildman–Crippen MR) is 150 cm³/mol. The Hall–Kier alpha value is -2.83. The number of rotatable bonds is 8. The fourth-order valence-corrected chi connectivity index (χ4v) is 3.59. The maximum absolute atomic E-state index is 13.0. The van der Waals surface area contributed by atoms with E-state index in [9.17, 15) is 14.4 Å². The first-order valence-corrected chi connectivity index (χ1v) is 16.3. The second-order valence-electron chi connectivity index (χ2n) is 12.1. The first-order chi connectivity index (χ1) is 16.9. The van der Waals surface area contributed by atoms with Gasteiger partial charge in [0, 0.05) is 18.7 Å². The fraction of sp³-hybridized carbons (Fsp3) is 0.607. The van der Waals surface area contributed by atoms with Gasteiger partial charge in [-0.25, -0.2) is 14.5 Å². The number of carbonyl (C=O) groups excluding carboxylic acids is 3. The number of hydrogen-bond acceptors (Lipinski definition) is 6. The summed E-state index contributed by atoms with van der Waals surface area (Å²) in [6.07, 6.45) is 0.667. The van der Waals surface area contributed by atoms with Gasteiger partial charge in [-0.2, -0.15) is 0 Å². The van der Waals surface area contributed by atoms with Crippen molar-refractivity contribution in [1.82, 2.24) is 10.2 Å². The molecule has 0 aliphatic rings. The van der Waals surface area contributed by atoms with Crippen LogP contribution in [0.2, 0.25) is 19.6 Å². The summed E-state index contributed by atoms with van der Waals surface area (Å²) in [5.74, 6) is 2.66. The number of nitrogens with two attached hydrogens (primary N) is 1. The van der Waals surface area contributed by atoms with Crippen LogP contribution in [0.3, 0.4) is 0 Å². The minimum Gasteiger partial charge on any atom is -0.444 e. The minimum absolute atomic E-state index is 0.156. The van der Waals surface area contributed by atoms with Crippen LogP contribution in [-0.4, -0.2) is 61.4 Å². The van der Waals surface area contributed by atoms with E-state index in [1.807, 2.05) is 12.1 Å². The van der Waals surface area contributed by atoms with Crippen LogP contribution in [0.15, 0.2) is 24.3 Å². The number of carbonyl (C=O) groups is 3. The monoisotopic (exact) mass is 531 g/mol. The van der Waals surface area contributed by atoms with Crippen LogP contribution in [0.25, 0.3) is 0 Å². The molecule has 3 amide bonds. The number of imide groups is 1. The van der Waals surface area contributed by atoms with E-state index in [2.05, 4.69) is 48.6 Å². The zero-order chi connectivity index (χ0) is 28.4. The molecule has 1 aromatic carbocycles. The molecular weight excluding hydrogens is 486 g/mol. The van der Waals surface area contributed by atoms with E-state index in [-0.39, 0.29) is 13.1 Å². The van der Waals surface area contributed by atoms with Crippen LogP contribution in [0.5, 0.6) is 0 Å². The van der Waals surface area contributed by atoms with Gasteiger partial charge < -0.3 is 20.5 Å². The Morgan fingerprint density at radius 1 is 1.03 bits per heavy atom. The number of alkyl carbamates (subject to hydrolysis) is 1. The van der Waals surface area contributed by atoms with Gasteiger partial charge in [-0.05, 0) is 78.5 Å². The van der Waals surface area contributed by atoms with Crippen LogP contribution in [-0.2, 0) is 20.7 Å².